The van der Waals surface area contributed by atoms with Gasteiger partial charge in [-0.25, -0.2) is 14.5 Å². The summed E-state index contributed by atoms with van der Waals surface area (Å²) in [7, 11) is 0. The third kappa shape index (κ3) is 7.14. The predicted octanol–water partition coefficient (Wildman–Crippen LogP) is 8.73. The van der Waals surface area contributed by atoms with Crippen LogP contribution < -0.4 is 9.47 Å². The van der Waals surface area contributed by atoms with Gasteiger partial charge in [0.2, 0.25) is 5.88 Å². The first-order valence-electron chi connectivity index (χ1n) is 13.7. The highest BCUT2D eigenvalue weighted by Gasteiger charge is 2.41. The normalized spacial score (nSPS) is 17.3. The molecule has 0 saturated heterocycles. The molecule has 13 heteroatoms. The molecule has 7 nitrogen and oxygen atoms in total. The molecule has 1 N–H and O–H groups in total. The number of carbonyl (C=O) groups is 1. The molecule has 0 atom stereocenters. The Labute approximate surface area is 248 Å². The van der Waals surface area contributed by atoms with Crippen LogP contribution in [0.15, 0.2) is 66.7 Å². The van der Waals surface area contributed by atoms with Gasteiger partial charge in [-0.15, -0.1) is 5.10 Å². The molecular formula is C31H27F6N3O4. The number of aromatic nitrogens is 3. The summed E-state index contributed by atoms with van der Waals surface area (Å²) in [6.07, 6.45) is -9.62. The first-order valence-corrected chi connectivity index (χ1v) is 13.7. The van der Waals surface area contributed by atoms with Gasteiger partial charge in [0.1, 0.15) is 12.4 Å². The Kier molecular flexibility index (Phi) is 8.57. The summed E-state index contributed by atoms with van der Waals surface area (Å²) in [5.41, 5.74) is 2.18. The second-order valence-corrected chi connectivity index (χ2v) is 10.6. The smallest absolute Gasteiger partial charge is 0.488 e. The second kappa shape index (κ2) is 12.2. The molecule has 2 aromatic heterocycles. The van der Waals surface area contributed by atoms with E-state index in [2.05, 4.69) is 14.8 Å². The molecule has 0 radical (unpaired) electrons. The fraction of sp³-hybridized carbons (Fsp3) is 0.323. The van der Waals surface area contributed by atoms with Crippen LogP contribution >= 0.6 is 0 Å². The van der Waals surface area contributed by atoms with Crippen LogP contribution in [0.3, 0.4) is 0 Å². The monoisotopic (exact) mass is 619 g/mol. The molecule has 2 heterocycles. The van der Waals surface area contributed by atoms with Crippen molar-refractivity contribution in [1.29, 1.82) is 0 Å². The topological polar surface area (TPSA) is 86.5 Å². The Hall–Kier alpha value is -4.55. The Bertz CT molecular complexity index is 1620. The van der Waals surface area contributed by atoms with Gasteiger partial charge in [-0.05, 0) is 73.9 Å². The fourth-order valence-electron chi connectivity index (χ4n) is 5.34. The van der Waals surface area contributed by atoms with Crippen LogP contribution in [0.4, 0.5) is 31.1 Å². The molecule has 0 aliphatic heterocycles. The summed E-state index contributed by atoms with van der Waals surface area (Å²) in [6, 6.07) is 17.7. The molecule has 0 spiro atoms. The lowest BCUT2D eigenvalue weighted by Gasteiger charge is -2.30. The Balaban J connectivity index is 1.34. The number of ether oxygens (including phenoxy) is 2. The molecule has 0 bridgehead atoms. The predicted molar refractivity (Wildman–Crippen MR) is 147 cm³/mol. The maximum atomic E-state index is 13.7. The van der Waals surface area contributed by atoms with Gasteiger partial charge in [-0.2, -0.15) is 26.3 Å². The van der Waals surface area contributed by atoms with E-state index in [0.29, 0.717) is 34.9 Å². The highest BCUT2D eigenvalue weighted by molar-refractivity contribution is 5.69. The van der Waals surface area contributed by atoms with Gasteiger partial charge < -0.3 is 14.6 Å². The van der Waals surface area contributed by atoms with Crippen LogP contribution in [-0.4, -0.2) is 32.2 Å². The zero-order valence-corrected chi connectivity index (χ0v) is 23.3. The van der Waals surface area contributed by atoms with Crippen molar-refractivity contribution in [3.8, 4) is 28.7 Å². The molecule has 1 aliphatic carbocycles. The molecule has 0 amide bonds. The van der Waals surface area contributed by atoms with E-state index in [9.17, 15) is 31.1 Å². The zero-order chi connectivity index (χ0) is 31.6. The molecule has 1 saturated carbocycles. The van der Waals surface area contributed by atoms with Crippen molar-refractivity contribution in [3.05, 3.63) is 89.1 Å². The maximum Gasteiger partial charge on any atom is 0.512 e. The molecule has 1 aliphatic rings. The molecular weight excluding hydrogens is 592 g/mol. The molecule has 44 heavy (non-hydrogen) atoms. The van der Waals surface area contributed by atoms with Crippen LogP contribution in [0.1, 0.15) is 54.0 Å². The SMILES string of the molecule is Cc1ccc(OCc2ccc(C3CCC(C(F)(F)F)CC3)cc2)c(-c2cccc(-n3nc(OC(=O)O)cc3C(F)(F)F)n2)c1. The average Bonchev–Trinajstić information content (AvgIpc) is 3.40. The van der Waals surface area contributed by atoms with Crippen LogP contribution in [0, 0.1) is 12.8 Å². The summed E-state index contributed by atoms with van der Waals surface area (Å²) >= 11 is 0. The van der Waals surface area contributed by atoms with Gasteiger partial charge in [-0.3, -0.25) is 0 Å². The molecule has 232 valence electrons. The highest BCUT2D eigenvalue weighted by Crippen LogP contribution is 2.43. The number of rotatable bonds is 7. The zero-order valence-electron chi connectivity index (χ0n) is 23.3. The first kappa shape index (κ1) is 30.9. The van der Waals surface area contributed by atoms with Crippen molar-refractivity contribution in [2.75, 3.05) is 0 Å². The number of nitrogens with zero attached hydrogens (tertiary/aromatic N) is 3. The van der Waals surface area contributed by atoms with E-state index in [1.807, 2.05) is 37.3 Å². The van der Waals surface area contributed by atoms with Gasteiger partial charge in [-0.1, -0.05) is 42.0 Å². The van der Waals surface area contributed by atoms with Crippen LogP contribution in [-0.2, 0) is 12.8 Å². The number of alkyl halides is 6. The number of halogens is 6. The third-order valence-electron chi connectivity index (χ3n) is 7.57. The largest absolute Gasteiger partial charge is 0.512 e. The van der Waals surface area contributed by atoms with Gasteiger partial charge in [0.05, 0.1) is 11.6 Å². The third-order valence-corrected chi connectivity index (χ3v) is 7.57. The van der Waals surface area contributed by atoms with Crippen LogP contribution in [0.5, 0.6) is 11.6 Å². The lowest BCUT2D eigenvalue weighted by molar-refractivity contribution is -0.182. The van der Waals surface area contributed by atoms with E-state index in [0.717, 1.165) is 16.7 Å². The van der Waals surface area contributed by atoms with E-state index in [4.69, 9.17) is 9.84 Å². The standard InChI is InChI=1S/C31H27F6N3O4/c1-18-5-14-25(43-17-19-6-8-20(9-7-19)21-10-12-22(13-11-21)30(32,33)34)23(15-18)24-3-2-4-27(38-24)40-26(31(35,36)37)16-28(39-40)44-29(41)42/h2-9,14-16,21-22H,10-13,17H2,1H3,(H,41,42). The fourth-order valence-corrected chi connectivity index (χ4v) is 5.34. The summed E-state index contributed by atoms with van der Waals surface area (Å²) in [5.74, 6) is -1.72. The van der Waals surface area contributed by atoms with Gasteiger partial charge in [0, 0.05) is 11.6 Å². The minimum atomic E-state index is -4.87. The molecule has 5 rings (SSSR count). The van der Waals surface area contributed by atoms with Gasteiger partial charge in [0.25, 0.3) is 0 Å². The average molecular weight is 620 g/mol. The molecule has 1 fully saturated rings. The second-order valence-electron chi connectivity index (χ2n) is 10.6. The Morgan fingerprint density at radius 2 is 1.66 bits per heavy atom. The number of benzene rings is 2. The number of hydrogen-bond acceptors (Lipinski definition) is 5. The lowest BCUT2D eigenvalue weighted by atomic mass is 9.78. The summed E-state index contributed by atoms with van der Waals surface area (Å²) in [5, 5.41) is 12.5. The van der Waals surface area contributed by atoms with Gasteiger partial charge in [0.15, 0.2) is 11.5 Å². The number of hydrogen-bond donors (Lipinski definition) is 1. The number of carboxylic acid groups (broad SMARTS) is 1. The Morgan fingerprint density at radius 1 is 0.955 bits per heavy atom. The first-order chi connectivity index (χ1) is 20.8. The van der Waals surface area contributed by atoms with E-state index in [1.54, 1.807) is 18.2 Å². The summed E-state index contributed by atoms with van der Waals surface area (Å²) < 4.78 is 91.1. The van der Waals surface area contributed by atoms with Crippen molar-refractivity contribution in [2.45, 2.75) is 57.5 Å². The van der Waals surface area contributed by atoms with Crippen molar-refractivity contribution in [2.24, 2.45) is 5.92 Å². The number of aryl methyl sites for hydroxylation is 1. The van der Waals surface area contributed by atoms with Gasteiger partial charge >= 0.3 is 18.5 Å². The van der Waals surface area contributed by atoms with Crippen molar-refractivity contribution >= 4 is 6.16 Å². The Morgan fingerprint density at radius 3 is 2.30 bits per heavy atom. The quantitative estimate of drug-likeness (QED) is 0.165. The van der Waals surface area contributed by atoms with Crippen molar-refractivity contribution in [1.82, 2.24) is 14.8 Å². The van der Waals surface area contributed by atoms with E-state index >= 15 is 0 Å². The van der Waals surface area contributed by atoms with Crippen LogP contribution in [0.25, 0.3) is 17.1 Å². The maximum absolute atomic E-state index is 13.7. The molecule has 0 unspecified atom stereocenters. The van der Waals surface area contributed by atoms with Crippen molar-refractivity contribution < 1.29 is 45.7 Å². The van der Waals surface area contributed by atoms with Crippen LogP contribution in [0.2, 0.25) is 0 Å². The minimum Gasteiger partial charge on any atom is -0.488 e. The summed E-state index contributed by atoms with van der Waals surface area (Å²) in [4.78, 5) is 15.2. The number of pyridine rings is 1. The highest BCUT2D eigenvalue weighted by atomic mass is 19.4. The summed E-state index contributed by atoms with van der Waals surface area (Å²) in [6.45, 7) is 1.99. The molecule has 4 aromatic rings. The van der Waals surface area contributed by atoms with E-state index in [-0.39, 0.29) is 36.9 Å². The minimum absolute atomic E-state index is 0.0741. The lowest BCUT2D eigenvalue weighted by Crippen LogP contribution is -2.27. The van der Waals surface area contributed by atoms with Crippen molar-refractivity contribution in [3.63, 3.8) is 0 Å². The molecule has 2 aromatic carbocycles. The van der Waals surface area contributed by atoms with E-state index < -0.39 is 36.0 Å². The van der Waals surface area contributed by atoms with E-state index in [1.165, 1.54) is 12.1 Å².